The molecule has 0 fully saturated rings. The van der Waals surface area contributed by atoms with E-state index in [1.807, 2.05) is 42.3 Å². The average molecular weight is 258 g/mol. The molecule has 0 unspecified atom stereocenters. The van der Waals surface area contributed by atoms with Crippen molar-refractivity contribution in [2.24, 2.45) is 0 Å². The smallest absolute Gasteiger partial charge is 0.141 e. The van der Waals surface area contributed by atoms with E-state index in [9.17, 15) is 5.11 Å². The standard InChI is InChI=1S/C15H18N2O2/c1-17(12-4-3-5-13(18)9-12)10-11-6-7-15(19-2)14(16)8-11/h3-9,18H,10,16H2,1-2H3. The first-order chi connectivity index (χ1) is 9.10. The van der Waals surface area contributed by atoms with Gasteiger partial charge in [0, 0.05) is 25.3 Å². The van der Waals surface area contributed by atoms with Gasteiger partial charge in [0.05, 0.1) is 12.8 Å². The summed E-state index contributed by atoms with van der Waals surface area (Å²) in [5.41, 5.74) is 8.56. The molecule has 0 aliphatic rings. The van der Waals surface area contributed by atoms with E-state index < -0.39 is 0 Å². The molecule has 4 nitrogen and oxygen atoms in total. The molecule has 4 heteroatoms. The molecule has 0 heterocycles. The Balaban J connectivity index is 2.14. The van der Waals surface area contributed by atoms with Crippen molar-refractivity contribution in [3.63, 3.8) is 0 Å². The number of rotatable bonds is 4. The van der Waals surface area contributed by atoms with E-state index in [0.29, 0.717) is 18.0 Å². The van der Waals surface area contributed by atoms with Crippen LogP contribution < -0.4 is 15.4 Å². The summed E-state index contributed by atoms with van der Waals surface area (Å²) in [6, 6.07) is 12.9. The van der Waals surface area contributed by atoms with Crippen molar-refractivity contribution in [2.75, 3.05) is 24.8 Å². The normalized spacial score (nSPS) is 10.2. The van der Waals surface area contributed by atoms with Gasteiger partial charge in [0.15, 0.2) is 0 Å². The fourth-order valence-corrected chi connectivity index (χ4v) is 1.98. The van der Waals surface area contributed by atoms with E-state index in [2.05, 4.69) is 0 Å². The Labute approximate surface area is 113 Å². The fraction of sp³-hybridized carbons (Fsp3) is 0.200. The largest absolute Gasteiger partial charge is 0.508 e. The van der Waals surface area contributed by atoms with Crippen molar-refractivity contribution in [3.05, 3.63) is 48.0 Å². The third-order valence-electron chi connectivity index (χ3n) is 2.98. The summed E-state index contributed by atoms with van der Waals surface area (Å²) >= 11 is 0. The highest BCUT2D eigenvalue weighted by molar-refractivity contribution is 5.56. The van der Waals surface area contributed by atoms with Crippen LogP contribution in [0.2, 0.25) is 0 Å². The Bertz CT molecular complexity index is 570. The molecule has 3 N–H and O–H groups in total. The first-order valence-electron chi connectivity index (χ1n) is 6.02. The van der Waals surface area contributed by atoms with Crippen molar-refractivity contribution in [2.45, 2.75) is 6.54 Å². The molecule has 0 atom stereocenters. The predicted octanol–water partition coefficient (Wildman–Crippen LogP) is 2.62. The van der Waals surface area contributed by atoms with Crippen LogP contribution in [-0.2, 0) is 6.54 Å². The molecular weight excluding hydrogens is 240 g/mol. The quantitative estimate of drug-likeness (QED) is 0.828. The molecule has 0 amide bonds. The molecular formula is C15H18N2O2. The number of aromatic hydroxyl groups is 1. The highest BCUT2D eigenvalue weighted by Crippen LogP contribution is 2.24. The van der Waals surface area contributed by atoms with Crippen LogP contribution in [0.5, 0.6) is 11.5 Å². The highest BCUT2D eigenvalue weighted by atomic mass is 16.5. The summed E-state index contributed by atoms with van der Waals surface area (Å²) in [6.45, 7) is 0.706. The lowest BCUT2D eigenvalue weighted by Crippen LogP contribution is -2.16. The van der Waals surface area contributed by atoms with Crippen LogP contribution >= 0.6 is 0 Å². The molecule has 2 rings (SSSR count). The van der Waals surface area contributed by atoms with Crippen molar-refractivity contribution < 1.29 is 9.84 Å². The number of phenolic OH excluding ortho intramolecular Hbond substituents is 1. The molecule has 2 aromatic rings. The van der Waals surface area contributed by atoms with Crippen LogP contribution in [0.25, 0.3) is 0 Å². The SMILES string of the molecule is COc1ccc(CN(C)c2cccc(O)c2)cc1N. The Morgan fingerprint density at radius 1 is 1.21 bits per heavy atom. The number of benzene rings is 2. The van der Waals surface area contributed by atoms with Crippen LogP contribution in [0, 0.1) is 0 Å². The van der Waals surface area contributed by atoms with Gasteiger partial charge < -0.3 is 20.5 Å². The minimum Gasteiger partial charge on any atom is -0.508 e. The lowest BCUT2D eigenvalue weighted by molar-refractivity contribution is 0.417. The predicted molar refractivity (Wildman–Crippen MR) is 77.6 cm³/mol. The van der Waals surface area contributed by atoms with Gasteiger partial charge in [0.1, 0.15) is 11.5 Å². The second-order valence-electron chi connectivity index (χ2n) is 4.45. The van der Waals surface area contributed by atoms with Crippen LogP contribution in [0.15, 0.2) is 42.5 Å². The fourth-order valence-electron chi connectivity index (χ4n) is 1.98. The van der Waals surface area contributed by atoms with E-state index >= 15 is 0 Å². The monoisotopic (exact) mass is 258 g/mol. The van der Waals surface area contributed by atoms with Gasteiger partial charge in [-0.1, -0.05) is 12.1 Å². The molecule has 100 valence electrons. The van der Waals surface area contributed by atoms with Crippen LogP contribution in [0.3, 0.4) is 0 Å². The van der Waals surface area contributed by atoms with Crippen LogP contribution in [0.1, 0.15) is 5.56 Å². The summed E-state index contributed by atoms with van der Waals surface area (Å²) in [6.07, 6.45) is 0. The first kappa shape index (κ1) is 13.1. The molecule has 0 aromatic heterocycles. The Hall–Kier alpha value is -2.36. The maximum absolute atomic E-state index is 9.48. The summed E-state index contributed by atoms with van der Waals surface area (Å²) in [4.78, 5) is 2.04. The van der Waals surface area contributed by atoms with Gasteiger partial charge in [0.2, 0.25) is 0 Å². The summed E-state index contributed by atoms with van der Waals surface area (Å²) in [5, 5.41) is 9.48. The molecule has 19 heavy (non-hydrogen) atoms. The number of anilines is 2. The summed E-state index contributed by atoms with van der Waals surface area (Å²) in [7, 11) is 3.57. The summed E-state index contributed by atoms with van der Waals surface area (Å²) < 4.78 is 5.13. The zero-order valence-corrected chi connectivity index (χ0v) is 11.1. The number of nitrogens with zero attached hydrogens (tertiary/aromatic N) is 1. The van der Waals surface area contributed by atoms with Gasteiger partial charge in [-0.15, -0.1) is 0 Å². The number of nitrogens with two attached hydrogens (primary N) is 1. The minimum absolute atomic E-state index is 0.263. The Morgan fingerprint density at radius 3 is 2.63 bits per heavy atom. The number of phenols is 1. The third kappa shape index (κ3) is 3.10. The number of hydrogen-bond donors (Lipinski definition) is 2. The van der Waals surface area contributed by atoms with E-state index in [4.69, 9.17) is 10.5 Å². The Morgan fingerprint density at radius 2 is 2.00 bits per heavy atom. The third-order valence-corrected chi connectivity index (χ3v) is 2.98. The lowest BCUT2D eigenvalue weighted by Gasteiger charge is -2.20. The van der Waals surface area contributed by atoms with E-state index in [1.165, 1.54) is 0 Å². The van der Waals surface area contributed by atoms with Crippen molar-refractivity contribution in [1.82, 2.24) is 0 Å². The molecule has 0 aliphatic heterocycles. The van der Waals surface area contributed by atoms with E-state index in [0.717, 1.165) is 11.3 Å². The second-order valence-corrected chi connectivity index (χ2v) is 4.45. The van der Waals surface area contributed by atoms with Gasteiger partial charge in [-0.3, -0.25) is 0 Å². The summed E-state index contributed by atoms with van der Waals surface area (Å²) in [5.74, 6) is 0.947. The van der Waals surface area contributed by atoms with Crippen LogP contribution in [0.4, 0.5) is 11.4 Å². The maximum Gasteiger partial charge on any atom is 0.141 e. The van der Waals surface area contributed by atoms with E-state index in [1.54, 1.807) is 19.2 Å². The molecule has 0 spiro atoms. The number of nitrogen functional groups attached to an aromatic ring is 1. The zero-order chi connectivity index (χ0) is 13.8. The van der Waals surface area contributed by atoms with Crippen molar-refractivity contribution in [3.8, 4) is 11.5 Å². The first-order valence-corrected chi connectivity index (χ1v) is 6.02. The maximum atomic E-state index is 9.48. The molecule has 0 saturated carbocycles. The van der Waals surface area contributed by atoms with Gasteiger partial charge in [0.25, 0.3) is 0 Å². The molecule has 2 aromatic carbocycles. The molecule has 0 radical (unpaired) electrons. The topological polar surface area (TPSA) is 58.7 Å². The highest BCUT2D eigenvalue weighted by Gasteiger charge is 2.05. The van der Waals surface area contributed by atoms with Crippen molar-refractivity contribution >= 4 is 11.4 Å². The molecule has 0 bridgehead atoms. The van der Waals surface area contributed by atoms with Gasteiger partial charge in [-0.05, 0) is 29.8 Å². The average Bonchev–Trinajstić information content (AvgIpc) is 2.39. The number of methoxy groups -OCH3 is 1. The van der Waals surface area contributed by atoms with Gasteiger partial charge in [-0.2, -0.15) is 0 Å². The Kier molecular flexibility index (Phi) is 3.80. The van der Waals surface area contributed by atoms with E-state index in [-0.39, 0.29) is 5.75 Å². The number of ether oxygens (including phenoxy) is 1. The van der Waals surface area contributed by atoms with Crippen LogP contribution in [-0.4, -0.2) is 19.3 Å². The lowest BCUT2D eigenvalue weighted by atomic mass is 10.1. The molecule has 0 aliphatic carbocycles. The molecule has 0 saturated heterocycles. The van der Waals surface area contributed by atoms with Gasteiger partial charge in [-0.25, -0.2) is 0 Å². The minimum atomic E-state index is 0.263. The second kappa shape index (κ2) is 5.52. The van der Waals surface area contributed by atoms with Crippen molar-refractivity contribution in [1.29, 1.82) is 0 Å². The number of hydrogen-bond acceptors (Lipinski definition) is 4. The zero-order valence-electron chi connectivity index (χ0n) is 11.1. The van der Waals surface area contributed by atoms with Gasteiger partial charge >= 0.3 is 0 Å².